The summed E-state index contributed by atoms with van der Waals surface area (Å²) >= 11 is 0. The summed E-state index contributed by atoms with van der Waals surface area (Å²) in [4.78, 5) is 34.4. The van der Waals surface area contributed by atoms with Crippen LogP contribution in [0.2, 0.25) is 0 Å². The minimum Gasteiger partial charge on any atom is -0.507 e. The quantitative estimate of drug-likeness (QED) is 0.272. The van der Waals surface area contributed by atoms with E-state index in [1.807, 2.05) is 0 Å². The number of amides is 1. The molecule has 1 aromatic heterocycles. The second kappa shape index (κ2) is 12.4. The van der Waals surface area contributed by atoms with Crippen molar-refractivity contribution in [3.63, 3.8) is 0 Å². The van der Waals surface area contributed by atoms with Gasteiger partial charge < -0.3 is 14.9 Å². The molecule has 0 spiro atoms. The Hall–Kier alpha value is -3.06. The molecule has 1 aliphatic rings. The average Bonchev–Trinajstić information content (AvgIpc) is 3.11. The molecule has 1 saturated heterocycles. The van der Waals surface area contributed by atoms with Crippen LogP contribution in [0.25, 0.3) is 5.76 Å². The first-order chi connectivity index (χ1) is 16.5. The Bertz CT molecular complexity index is 984. The lowest BCUT2D eigenvalue weighted by atomic mass is 9.98. The molecule has 0 unspecified atom stereocenters. The second-order valence-electron chi connectivity index (χ2n) is 8.66. The van der Waals surface area contributed by atoms with Gasteiger partial charge in [-0.3, -0.25) is 14.6 Å². The molecular weight excluding hydrogens is 433 g/mol. The zero-order valence-electron chi connectivity index (χ0n) is 20.0. The van der Waals surface area contributed by atoms with Crippen LogP contribution in [0.4, 0.5) is 4.39 Å². The number of carbonyl (C=O) groups excluding carboxylic acids is 2. The van der Waals surface area contributed by atoms with Gasteiger partial charge in [0.15, 0.2) is 0 Å². The van der Waals surface area contributed by atoms with Crippen molar-refractivity contribution >= 4 is 17.4 Å². The number of unbranched alkanes of at least 4 members (excludes halogenated alkanes) is 2. The Kier molecular flexibility index (Phi) is 9.33. The van der Waals surface area contributed by atoms with E-state index in [4.69, 9.17) is 0 Å². The molecule has 1 aliphatic heterocycles. The number of benzene rings is 1. The lowest BCUT2D eigenvalue weighted by molar-refractivity contribution is -0.140. The van der Waals surface area contributed by atoms with Crippen LogP contribution in [0.15, 0.2) is 54.2 Å². The van der Waals surface area contributed by atoms with Gasteiger partial charge >= 0.3 is 0 Å². The molecule has 34 heavy (non-hydrogen) atoms. The lowest BCUT2D eigenvalue weighted by Gasteiger charge is -2.27. The first-order valence-corrected chi connectivity index (χ1v) is 12.2. The van der Waals surface area contributed by atoms with Gasteiger partial charge in [-0.1, -0.05) is 32.8 Å². The summed E-state index contributed by atoms with van der Waals surface area (Å²) in [6.07, 6.45) is 6.81. The highest BCUT2D eigenvalue weighted by Gasteiger charge is 2.46. The second-order valence-corrected chi connectivity index (χ2v) is 8.66. The van der Waals surface area contributed by atoms with Crippen LogP contribution < -0.4 is 0 Å². The molecule has 1 N–H and O–H groups in total. The highest BCUT2D eigenvalue weighted by Crippen LogP contribution is 2.38. The van der Waals surface area contributed by atoms with E-state index < -0.39 is 23.5 Å². The van der Waals surface area contributed by atoms with Crippen molar-refractivity contribution in [2.24, 2.45) is 0 Å². The smallest absolute Gasteiger partial charge is 0.295 e. The summed E-state index contributed by atoms with van der Waals surface area (Å²) in [5, 5.41) is 11.0. The van der Waals surface area contributed by atoms with Gasteiger partial charge in [0.25, 0.3) is 11.7 Å². The fraction of sp³-hybridized carbons (Fsp3) is 0.444. The first kappa shape index (κ1) is 25.6. The van der Waals surface area contributed by atoms with Gasteiger partial charge in [-0.15, -0.1) is 0 Å². The fourth-order valence-electron chi connectivity index (χ4n) is 4.28. The van der Waals surface area contributed by atoms with Crippen LogP contribution in [0, 0.1) is 5.82 Å². The number of Topliss-reactive ketones (excluding diaryl/α,β-unsaturated/α-hetero) is 1. The normalized spacial score (nSPS) is 17.6. The van der Waals surface area contributed by atoms with Crippen molar-refractivity contribution in [3.05, 3.63) is 71.3 Å². The number of likely N-dealkylation sites (tertiary alicyclic amines) is 1. The van der Waals surface area contributed by atoms with E-state index in [2.05, 4.69) is 23.7 Å². The van der Waals surface area contributed by atoms with E-state index in [0.29, 0.717) is 18.7 Å². The molecule has 2 heterocycles. The van der Waals surface area contributed by atoms with Gasteiger partial charge in [0, 0.05) is 18.3 Å². The lowest BCUT2D eigenvalue weighted by Crippen LogP contribution is -2.34. The number of ketones is 1. The molecule has 1 fully saturated rings. The minimum absolute atomic E-state index is 0.0101. The number of aliphatic hydroxyl groups excluding tert-OH is 1. The number of hydrogen-bond acceptors (Lipinski definition) is 5. The third-order valence-electron chi connectivity index (χ3n) is 6.15. The van der Waals surface area contributed by atoms with E-state index in [1.165, 1.54) is 29.2 Å². The van der Waals surface area contributed by atoms with Crippen molar-refractivity contribution in [1.82, 2.24) is 14.8 Å². The summed E-state index contributed by atoms with van der Waals surface area (Å²) in [5.41, 5.74) is 0.786. The van der Waals surface area contributed by atoms with Crippen molar-refractivity contribution < 1.29 is 19.1 Å². The highest BCUT2D eigenvalue weighted by atomic mass is 19.1. The molecule has 1 aromatic carbocycles. The molecule has 3 rings (SSSR count). The Morgan fingerprint density at radius 1 is 1.00 bits per heavy atom. The molecule has 1 amide bonds. The first-order valence-electron chi connectivity index (χ1n) is 12.2. The Balaban J connectivity index is 1.87. The largest absolute Gasteiger partial charge is 0.507 e. The van der Waals surface area contributed by atoms with Gasteiger partial charge in [0.1, 0.15) is 17.6 Å². The van der Waals surface area contributed by atoms with Gasteiger partial charge in [-0.2, -0.15) is 0 Å². The van der Waals surface area contributed by atoms with Crippen molar-refractivity contribution in [1.29, 1.82) is 0 Å². The molecule has 182 valence electrons. The molecule has 2 aromatic rings. The van der Waals surface area contributed by atoms with Crippen molar-refractivity contribution in [3.8, 4) is 0 Å². The van der Waals surface area contributed by atoms with E-state index in [-0.39, 0.29) is 16.9 Å². The monoisotopic (exact) mass is 467 g/mol. The maximum Gasteiger partial charge on any atom is 0.295 e. The summed E-state index contributed by atoms with van der Waals surface area (Å²) < 4.78 is 13.4. The third kappa shape index (κ3) is 6.08. The van der Waals surface area contributed by atoms with E-state index in [1.54, 1.807) is 24.4 Å². The number of aromatic nitrogens is 1. The number of nitrogens with zero attached hydrogens (tertiary/aromatic N) is 3. The molecule has 7 heteroatoms. The number of hydrogen-bond donors (Lipinski definition) is 1. The number of carbonyl (C=O) groups is 2. The molecule has 0 aliphatic carbocycles. The van der Waals surface area contributed by atoms with Crippen LogP contribution >= 0.6 is 0 Å². The summed E-state index contributed by atoms with van der Waals surface area (Å²) in [6.45, 7) is 7.58. The summed E-state index contributed by atoms with van der Waals surface area (Å²) in [5.74, 6) is -2.16. The van der Waals surface area contributed by atoms with E-state index in [0.717, 1.165) is 45.3 Å². The highest BCUT2D eigenvalue weighted by molar-refractivity contribution is 6.46. The Morgan fingerprint density at radius 3 is 2.24 bits per heavy atom. The van der Waals surface area contributed by atoms with E-state index >= 15 is 0 Å². The average molecular weight is 468 g/mol. The molecule has 0 bridgehead atoms. The zero-order chi connectivity index (χ0) is 24.5. The van der Waals surface area contributed by atoms with E-state index in [9.17, 15) is 19.1 Å². The number of pyridine rings is 1. The van der Waals surface area contributed by atoms with Gasteiger partial charge in [0.05, 0.1) is 11.3 Å². The Labute approximate surface area is 201 Å². The van der Waals surface area contributed by atoms with Gasteiger partial charge in [-0.05, 0) is 75.3 Å². The molecule has 0 radical (unpaired) electrons. The van der Waals surface area contributed by atoms with Gasteiger partial charge in [-0.25, -0.2) is 4.39 Å². The maximum atomic E-state index is 13.4. The molecule has 0 saturated carbocycles. The summed E-state index contributed by atoms with van der Waals surface area (Å²) in [7, 11) is 0. The SMILES string of the molecule is CCCCN(CCCC)CCCN1C(=O)C(=O)C(=C(O)c2ccc(F)cc2)[C@@H]1c1ccccn1. The predicted molar refractivity (Wildman–Crippen MR) is 131 cm³/mol. The Morgan fingerprint density at radius 2 is 1.65 bits per heavy atom. The maximum absolute atomic E-state index is 13.4. The minimum atomic E-state index is -0.786. The van der Waals surface area contributed by atoms with Crippen LogP contribution in [-0.4, -0.2) is 57.8 Å². The predicted octanol–water partition coefficient (Wildman–Crippen LogP) is 4.93. The zero-order valence-corrected chi connectivity index (χ0v) is 20.0. The van der Waals surface area contributed by atoms with Crippen LogP contribution in [0.5, 0.6) is 0 Å². The fourth-order valence-corrected chi connectivity index (χ4v) is 4.28. The van der Waals surface area contributed by atoms with Gasteiger partial charge in [0.2, 0.25) is 0 Å². The topological polar surface area (TPSA) is 73.7 Å². The van der Waals surface area contributed by atoms with Crippen LogP contribution in [-0.2, 0) is 9.59 Å². The third-order valence-corrected chi connectivity index (χ3v) is 6.15. The number of rotatable bonds is 12. The molecule has 1 atom stereocenters. The molecule has 6 nitrogen and oxygen atoms in total. The van der Waals surface area contributed by atoms with Crippen molar-refractivity contribution in [2.45, 2.75) is 52.0 Å². The number of aliphatic hydroxyl groups is 1. The van der Waals surface area contributed by atoms with Crippen molar-refractivity contribution in [2.75, 3.05) is 26.2 Å². The molecular formula is C27H34FN3O3. The van der Waals surface area contributed by atoms with Crippen LogP contribution in [0.1, 0.15) is 63.3 Å². The summed E-state index contributed by atoms with van der Waals surface area (Å²) in [6, 6.07) is 9.72. The standard InChI is InChI=1S/C27H34FN3O3/c1-3-5-16-30(17-6-4-2)18-9-19-31-24(22-10-7-8-15-29-22)23(26(33)27(31)34)25(32)20-11-13-21(28)14-12-20/h7-8,10-15,24,32H,3-6,9,16-19H2,1-2H3/t24-/m0/s1. The van der Waals surface area contributed by atoms with Crippen LogP contribution in [0.3, 0.4) is 0 Å². The number of halogens is 1.